The van der Waals surface area contributed by atoms with Crippen LogP contribution in [0, 0.1) is 11.3 Å². The van der Waals surface area contributed by atoms with E-state index < -0.39 is 0 Å². The van der Waals surface area contributed by atoms with Gasteiger partial charge in [0, 0.05) is 19.3 Å². The summed E-state index contributed by atoms with van der Waals surface area (Å²) < 4.78 is 0. The molecule has 0 aliphatic carbocycles. The van der Waals surface area contributed by atoms with Gasteiger partial charge in [-0.1, -0.05) is 12.2 Å². The van der Waals surface area contributed by atoms with Gasteiger partial charge < -0.3 is 11.1 Å². The predicted molar refractivity (Wildman–Crippen MR) is 53.4 cm³/mol. The van der Waals surface area contributed by atoms with E-state index in [1.54, 1.807) is 12.3 Å². The summed E-state index contributed by atoms with van der Waals surface area (Å²) in [6.45, 7) is 1.12. The van der Waals surface area contributed by atoms with Crippen molar-refractivity contribution in [1.29, 1.82) is 5.26 Å². The molecule has 5 heteroatoms. The number of rotatable bonds is 4. The average molecular weight is 189 g/mol. The summed E-state index contributed by atoms with van der Waals surface area (Å²) in [5, 5.41) is 11.5. The summed E-state index contributed by atoms with van der Waals surface area (Å²) in [6, 6.07) is 3.50. The molecule has 0 amide bonds. The normalized spacial score (nSPS) is 10.0. The number of nitriles is 1. The van der Waals surface area contributed by atoms with E-state index in [4.69, 9.17) is 11.0 Å². The molecule has 1 rings (SSSR count). The van der Waals surface area contributed by atoms with E-state index in [0.29, 0.717) is 24.7 Å². The van der Waals surface area contributed by atoms with Crippen molar-refractivity contribution in [2.75, 3.05) is 18.4 Å². The second kappa shape index (κ2) is 5.67. The van der Waals surface area contributed by atoms with Gasteiger partial charge in [0.25, 0.3) is 0 Å². The molecular formula is C9H11N5. The second-order valence-corrected chi connectivity index (χ2v) is 2.47. The number of nitrogens with two attached hydrogens (primary N) is 1. The Bertz CT molecular complexity index is 352. The van der Waals surface area contributed by atoms with Crippen LogP contribution in [0.2, 0.25) is 0 Å². The summed E-state index contributed by atoms with van der Waals surface area (Å²) >= 11 is 0. The van der Waals surface area contributed by atoms with Gasteiger partial charge in [-0.2, -0.15) is 5.26 Å². The van der Waals surface area contributed by atoms with Gasteiger partial charge >= 0.3 is 0 Å². The Labute approximate surface area is 82.3 Å². The molecule has 1 aromatic rings. The van der Waals surface area contributed by atoms with Crippen LogP contribution >= 0.6 is 0 Å². The quantitative estimate of drug-likeness (QED) is 0.664. The van der Waals surface area contributed by atoms with E-state index in [2.05, 4.69) is 15.3 Å². The zero-order chi connectivity index (χ0) is 10.2. The molecule has 0 saturated heterocycles. The van der Waals surface area contributed by atoms with Gasteiger partial charge in [0.15, 0.2) is 0 Å². The zero-order valence-electron chi connectivity index (χ0n) is 7.64. The van der Waals surface area contributed by atoms with Gasteiger partial charge in [-0.25, -0.2) is 9.97 Å². The van der Waals surface area contributed by atoms with Crippen LogP contribution in [0.4, 0.5) is 5.95 Å². The lowest BCUT2D eigenvalue weighted by Gasteiger charge is -1.99. The molecule has 0 saturated carbocycles. The molecule has 1 aromatic heterocycles. The van der Waals surface area contributed by atoms with Crippen molar-refractivity contribution in [3.8, 4) is 6.07 Å². The van der Waals surface area contributed by atoms with Crippen molar-refractivity contribution in [1.82, 2.24) is 9.97 Å². The topological polar surface area (TPSA) is 87.6 Å². The average Bonchev–Trinajstić information content (AvgIpc) is 2.25. The molecule has 72 valence electrons. The minimum atomic E-state index is 0.352. The van der Waals surface area contributed by atoms with E-state index in [1.165, 1.54) is 0 Å². The third-order valence-corrected chi connectivity index (χ3v) is 1.45. The van der Waals surface area contributed by atoms with Crippen molar-refractivity contribution < 1.29 is 0 Å². The maximum Gasteiger partial charge on any atom is 0.224 e. The van der Waals surface area contributed by atoms with Crippen LogP contribution in [-0.2, 0) is 0 Å². The van der Waals surface area contributed by atoms with Crippen LogP contribution in [0.3, 0.4) is 0 Å². The third-order valence-electron chi connectivity index (χ3n) is 1.45. The molecule has 0 atom stereocenters. The molecule has 0 aliphatic rings. The van der Waals surface area contributed by atoms with Crippen molar-refractivity contribution in [3.05, 3.63) is 30.1 Å². The minimum absolute atomic E-state index is 0.352. The van der Waals surface area contributed by atoms with Gasteiger partial charge in [0.2, 0.25) is 5.95 Å². The Kier molecular flexibility index (Phi) is 4.11. The molecule has 0 spiro atoms. The van der Waals surface area contributed by atoms with Crippen LogP contribution < -0.4 is 11.1 Å². The van der Waals surface area contributed by atoms with Gasteiger partial charge in [-0.3, -0.25) is 0 Å². The Morgan fingerprint density at radius 3 is 3.14 bits per heavy atom. The number of hydrogen-bond acceptors (Lipinski definition) is 5. The number of aromatic nitrogens is 2. The number of hydrogen-bond donors (Lipinski definition) is 2. The highest BCUT2D eigenvalue weighted by molar-refractivity contribution is 5.30. The molecule has 14 heavy (non-hydrogen) atoms. The standard InChI is InChI=1S/C9H11N5/c10-4-1-2-5-12-9-13-6-3-8(7-11)14-9/h1-3,6H,4-5,10H2,(H,12,13,14)/b2-1+. The first-order chi connectivity index (χ1) is 6.86. The molecule has 0 fully saturated rings. The van der Waals surface area contributed by atoms with Crippen molar-refractivity contribution >= 4 is 5.95 Å². The van der Waals surface area contributed by atoms with E-state index in [9.17, 15) is 0 Å². The fourth-order valence-corrected chi connectivity index (χ4v) is 0.836. The highest BCUT2D eigenvalue weighted by Gasteiger charge is 1.94. The molecular weight excluding hydrogens is 178 g/mol. The third kappa shape index (κ3) is 3.21. The lowest BCUT2D eigenvalue weighted by atomic mass is 10.4. The molecule has 1 heterocycles. The van der Waals surface area contributed by atoms with E-state index in [-0.39, 0.29) is 0 Å². The van der Waals surface area contributed by atoms with Crippen LogP contribution in [0.5, 0.6) is 0 Å². The molecule has 0 unspecified atom stereocenters. The Balaban J connectivity index is 2.51. The first kappa shape index (κ1) is 10.2. The lowest BCUT2D eigenvalue weighted by molar-refractivity contribution is 1.10. The van der Waals surface area contributed by atoms with Crippen LogP contribution in [0.25, 0.3) is 0 Å². The summed E-state index contributed by atoms with van der Waals surface area (Å²) in [6.07, 6.45) is 5.25. The second-order valence-electron chi connectivity index (χ2n) is 2.47. The SMILES string of the molecule is N#Cc1ccnc(NC/C=C/CN)n1. The number of nitrogens with one attached hydrogen (secondary N) is 1. The van der Waals surface area contributed by atoms with Crippen molar-refractivity contribution in [2.24, 2.45) is 5.73 Å². The molecule has 0 bridgehead atoms. The van der Waals surface area contributed by atoms with Crippen molar-refractivity contribution in [3.63, 3.8) is 0 Å². The molecule has 0 aliphatic heterocycles. The summed E-state index contributed by atoms with van der Waals surface area (Å²) in [5.74, 6) is 0.450. The Morgan fingerprint density at radius 2 is 2.43 bits per heavy atom. The summed E-state index contributed by atoms with van der Waals surface area (Å²) in [7, 11) is 0. The Morgan fingerprint density at radius 1 is 1.57 bits per heavy atom. The van der Waals surface area contributed by atoms with Crippen LogP contribution in [0.15, 0.2) is 24.4 Å². The van der Waals surface area contributed by atoms with E-state index in [0.717, 1.165) is 0 Å². The zero-order valence-corrected chi connectivity index (χ0v) is 7.64. The smallest absolute Gasteiger partial charge is 0.224 e. The van der Waals surface area contributed by atoms with Gasteiger partial charge in [0.1, 0.15) is 11.8 Å². The number of anilines is 1. The van der Waals surface area contributed by atoms with E-state index in [1.807, 2.05) is 18.2 Å². The first-order valence-electron chi connectivity index (χ1n) is 4.19. The Hall–Kier alpha value is -1.93. The van der Waals surface area contributed by atoms with Crippen molar-refractivity contribution in [2.45, 2.75) is 0 Å². The van der Waals surface area contributed by atoms with Gasteiger partial charge in [-0.05, 0) is 6.07 Å². The largest absolute Gasteiger partial charge is 0.351 e. The molecule has 0 aromatic carbocycles. The molecule has 5 nitrogen and oxygen atoms in total. The summed E-state index contributed by atoms with van der Waals surface area (Å²) in [5.41, 5.74) is 5.62. The highest BCUT2D eigenvalue weighted by Crippen LogP contribution is 1.97. The predicted octanol–water partition coefficient (Wildman–Crippen LogP) is 0.275. The maximum absolute atomic E-state index is 8.57. The minimum Gasteiger partial charge on any atom is -0.351 e. The fraction of sp³-hybridized carbons (Fsp3) is 0.222. The summed E-state index contributed by atoms with van der Waals surface area (Å²) in [4.78, 5) is 7.89. The van der Waals surface area contributed by atoms with Crippen LogP contribution in [0.1, 0.15) is 5.69 Å². The van der Waals surface area contributed by atoms with E-state index >= 15 is 0 Å². The lowest BCUT2D eigenvalue weighted by Crippen LogP contribution is -2.04. The van der Waals surface area contributed by atoms with Crippen LogP contribution in [-0.4, -0.2) is 23.1 Å². The number of nitrogens with zero attached hydrogens (tertiary/aromatic N) is 3. The fourth-order valence-electron chi connectivity index (χ4n) is 0.836. The first-order valence-corrected chi connectivity index (χ1v) is 4.19. The molecule has 3 N–H and O–H groups in total. The maximum atomic E-state index is 8.57. The van der Waals surface area contributed by atoms with Gasteiger partial charge in [-0.15, -0.1) is 0 Å². The highest BCUT2D eigenvalue weighted by atomic mass is 15.1. The molecule has 0 radical (unpaired) electrons. The van der Waals surface area contributed by atoms with Gasteiger partial charge in [0.05, 0.1) is 0 Å². The monoisotopic (exact) mass is 189 g/mol.